The summed E-state index contributed by atoms with van der Waals surface area (Å²) in [6.07, 6.45) is 0. The summed E-state index contributed by atoms with van der Waals surface area (Å²) in [7, 11) is 3.22. The maximum atomic E-state index is 12.3. The average molecular weight is 291 g/mol. The van der Waals surface area contributed by atoms with Crippen molar-refractivity contribution >= 4 is 11.8 Å². The zero-order chi connectivity index (χ0) is 15.2. The van der Waals surface area contributed by atoms with E-state index in [-0.39, 0.29) is 18.4 Å². The highest BCUT2D eigenvalue weighted by Gasteiger charge is 2.20. The van der Waals surface area contributed by atoms with Crippen molar-refractivity contribution in [3.8, 4) is 5.75 Å². The van der Waals surface area contributed by atoms with Crippen LogP contribution in [0.2, 0.25) is 0 Å². The van der Waals surface area contributed by atoms with Gasteiger partial charge in [-0.15, -0.1) is 0 Å². The minimum atomic E-state index is -0.166. The Morgan fingerprint density at radius 1 is 1.24 bits per heavy atom. The number of nitrogens with one attached hydrogen (secondary N) is 1. The molecule has 0 saturated carbocycles. The summed E-state index contributed by atoms with van der Waals surface area (Å²) in [5.41, 5.74) is 0.548. The molecule has 0 unspecified atom stereocenters. The van der Waals surface area contributed by atoms with Crippen molar-refractivity contribution < 1.29 is 14.3 Å². The molecular formula is C15H21N3O3. The van der Waals surface area contributed by atoms with Gasteiger partial charge in [-0.3, -0.25) is 9.59 Å². The standard InChI is InChI=1S/C15H21N3O3/c1-17(11-14(19)18-9-7-16-8-10-18)15(20)12-3-5-13(21-2)6-4-12/h3-6,16H,7-11H2,1-2H3. The molecule has 1 aromatic rings. The number of carbonyl (C=O) groups excluding carboxylic acids is 2. The lowest BCUT2D eigenvalue weighted by atomic mass is 10.2. The van der Waals surface area contributed by atoms with Crippen molar-refractivity contribution in [2.75, 3.05) is 46.9 Å². The highest BCUT2D eigenvalue weighted by molar-refractivity contribution is 5.96. The normalized spacial score (nSPS) is 14.7. The van der Waals surface area contributed by atoms with Crippen molar-refractivity contribution in [1.29, 1.82) is 0 Å². The van der Waals surface area contributed by atoms with Crippen LogP contribution in [-0.4, -0.2) is 68.5 Å². The Hall–Kier alpha value is -2.08. The Morgan fingerprint density at radius 2 is 1.86 bits per heavy atom. The van der Waals surface area contributed by atoms with E-state index in [0.717, 1.165) is 13.1 Å². The van der Waals surface area contributed by atoms with Crippen LogP contribution in [0.3, 0.4) is 0 Å². The molecule has 0 radical (unpaired) electrons. The van der Waals surface area contributed by atoms with Crippen LogP contribution in [0.1, 0.15) is 10.4 Å². The lowest BCUT2D eigenvalue weighted by molar-refractivity contribution is -0.132. The van der Waals surface area contributed by atoms with Crippen molar-refractivity contribution in [3.05, 3.63) is 29.8 Å². The molecule has 1 aliphatic heterocycles. The summed E-state index contributed by atoms with van der Waals surface area (Å²) in [5.74, 6) is 0.521. The highest BCUT2D eigenvalue weighted by Crippen LogP contribution is 2.12. The third kappa shape index (κ3) is 3.95. The van der Waals surface area contributed by atoms with Gasteiger partial charge in [0.15, 0.2) is 0 Å². The van der Waals surface area contributed by atoms with Crippen molar-refractivity contribution in [2.45, 2.75) is 0 Å². The number of rotatable bonds is 4. The number of ether oxygens (including phenoxy) is 1. The molecule has 114 valence electrons. The molecule has 1 saturated heterocycles. The Bertz CT molecular complexity index is 495. The van der Waals surface area contributed by atoms with Gasteiger partial charge in [-0.25, -0.2) is 0 Å². The number of benzene rings is 1. The lowest BCUT2D eigenvalue weighted by Gasteiger charge is -2.29. The fourth-order valence-corrected chi connectivity index (χ4v) is 2.24. The molecule has 1 N–H and O–H groups in total. The van der Waals surface area contributed by atoms with Gasteiger partial charge in [-0.05, 0) is 24.3 Å². The SMILES string of the molecule is COc1ccc(C(=O)N(C)CC(=O)N2CCNCC2)cc1. The summed E-state index contributed by atoms with van der Waals surface area (Å²) in [4.78, 5) is 27.6. The van der Waals surface area contributed by atoms with E-state index in [4.69, 9.17) is 4.74 Å². The molecule has 1 aliphatic rings. The monoisotopic (exact) mass is 291 g/mol. The molecule has 2 rings (SSSR count). The molecule has 1 heterocycles. The lowest BCUT2D eigenvalue weighted by Crippen LogP contribution is -2.49. The van der Waals surface area contributed by atoms with Gasteiger partial charge < -0.3 is 19.9 Å². The molecule has 1 aromatic carbocycles. The summed E-state index contributed by atoms with van der Waals surface area (Å²) in [6, 6.07) is 6.87. The smallest absolute Gasteiger partial charge is 0.254 e. The minimum absolute atomic E-state index is 0.0131. The fraction of sp³-hybridized carbons (Fsp3) is 0.467. The zero-order valence-electron chi connectivity index (χ0n) is 12.5. The third-order valence-corrected chi connectivity index (χ3v) is 3.53. The van der Waals surface area contributed by atoms with Gasteiger partial charge in [-0.2, -0.15) is 0 Å². The summed E-state index contributed by atoms with van der Waals surface area (Å²) < 4.78 is 5.06. The van der Waals surface area contributed by atoms with Crippen LogP contribution >= 0.6 is 0 Å². The number of likely N-dealkylation sites (N-methyl/N-ethyl adjacent to an activating group) is 1. The van der Waals surface area contributed by atoms with Crippen LogP contribution in [-0.2, 0) is 4.79 Å². The van der Waals surface area contributed by atoms with Gasteiger partial charge in [0, 0.05) is 38.8 Å². The van der Waals surface area contributed by atoms with Gasteiger partial charge in [0.1, 0.15) is 5.75 Å². The van der Waals surface area contributed by atoms with E-state index < -0.39 is 0 Å². The predicted octanol–water partition coefficient (Wildman–Crippen LogP) is 0.199. The first-order valence-corrected chi connectivity index (χ1v) is 7.00. The number of piperazine rings is 1. The van der Waals surface area contributed by atoms with Crippen molar-refractivity contribution in [1.82, 2.24) is 15.1 Å². The van der Waals surface area contributed by atoms with Gasteiger partial charge in [0.25, 0.3) is 5.91 Å². The summed E-state index contributed by atoms with van der Waals surface area (Å²) in [6.45, 7) is 3.11. The second-order valence-corrected chi connectivity index (χ2v) is 5.02. The number of methoxy groups -OCH3 is 1. The predicted molar refractivity (Wildman–Crippen MR) is 79.4 cm³/mol. The number of hydrogen-bond donors (Lipinski definition) is 1. The number of hydrogen-bond acceptors (Lipinski definition) is 4. The van der Waals surface area contributed by atoms with Crippen LogP contribution in [0.5, 0.6) is 5.75 Å². The maximum Gasteiger partial charge on any atom is 0.254 e. The first kappa shape index (κ1) is 15.3. The molecule has 0 aliphatic carbocycles. The van der Waals surface area contributed by atoms with Gasteiger partial charge >= 0.3 is 0 Å². The molecule has 0 spiro atoms. The Morgan fingerprint density at radius 3 is 2.43 bits per heavy atom. The van der Waals surface area contributed by atoms with E-state index in [1.807, 2.05) is 0 Å². The van der Waals surface area contributed by atoms with Crippen LogP contribution in [0.15, 0.2) is 24.3 Å². The number of amides is 2. The maximum absolute atomic E-state index is 12.3. The van der Waals surface area contributed by atoms with Crippen molar-refractivity contribution in [3.63, 3.8) is 0 Å². The minimum Gasteiger partial charge on any atom is -0.497 e. The third-order valence-electron chi connectivity index (χ3n) is 3.53. The summed E-state index contributed by atoms with van der Waals surface area (Å²) in [5, 5.41) is 3.20. The zero-order valence-corrected chi connectivity index (χ0v) is 12.5. The largest absolute Gasteiger partial charge is 0.497 e. The Kier molecular flexibility index (Phi) is 5.16. The average Bonchev–Trinajstić information content (AvgIpc) is 2.55. The second-order valence-electron chi connectivity index (χ2n) is 5.02. The summed E-state index contributed by atoms with van der Waals surface area (Å²) >= 11 is 0. The Labute approximate surface area is 124 Å². The van der Waals surface area contributed by atoms with E-state index in [0.29, 0.717) is 24.4 Å². The molecule has 21 heavy (non-hydrogen) atoms. The molecule has 0 aromatic heterocycles. The van der Waals surface area contributed by atoms with Gasteiger partial charge in [0.2, 0.25) is 5.91 Å². The number of carbonyl (C=O) groups is 2. The molecule has 0 atom stereocenters. The quantitative estimate of drug-likeness (QED) is 0.861. The molecule has 6 nitrogen and oxygen atoms in total. The van der Waals surface area contributed by atoms with E-state index in [2.05, 4.69) is 5.32 Å². The molecule has 2 amide bonds. The molecule has 0 bridgehead atoms. The van der Waals surface area contributed by atoms with Crippen LogP contribution in [0.4, 0.5) is 0 Å². The van der Waals surface area contributed by atoms with Crippen molar-refractivity contribution in [2.24, 2.45) is 0 Å². The topological polar surface area (TPSA) is 61.9 Å². The first-order valence-electron chi connectivity index (χ1n) is 7.00. The highest BCUT2D eigenvalue weighted by atomic mass is 16.5. The Balaban J connectivity index is 1.93. The first-order chi connectivity index (χ1) is 10.1. The molecular weight excluding hydrogens is 270 g/mol. The fourth-order valence-electron chi connectivity index (χ4n) is 2.24. The molecule has 1 fully saturated rings. The van der Waals surface area contributed by atoms with Crippen LogP contribution in [0, 0.1) is 0 Å². The van der Waals surface area contributed by atoms with E-state index in [1.165, 1.54) is 4.90 Å². The molecule has 6 heteroatoms. The second kappa shape index (κ2) is 7.08. The van der Waals surface area contributed by atoms with Gasteiger partial charge in [0.05, 0.1) is 13.7 Å². The van der Waals surface area contributed by atoms with E-state index in [1.54, 1.807) is 43.3 Å². The van der Waals surface area contributed by atoms with Crippen LogP contribution in [0.25, 0.3) is 0 Å². The van der Waals surface area contributed by atoms with E-state index in [9.17, 15) is 9.59 Å². The van der Waals surface area contributed by atoms with Gasteiger partial charge in [-0.1, -0.05) is 0 Å². The van der Waals surface area contributed by atoms with E-state index >= 15 is 0 Å². The number of nitrogens with zero attached hydrogens (tertiary/aromatic N) is 2. The van der Waals surface area contributed by atoms with Crippen LogP contribution < -0.4 is 10.1 Å².